The molecule has 0 bridgehead atoms. The van der Waals surface area contributed by atoms with Gasteiger partial charge in [-0.15, -0.1) is 0 Å². The van der Waals surface area contributed by atoms with Crippen LogP contribution in [-0.2, 0) is 16.4 Å². The fraction of sp³-hybridized carbons (Fsp3) is 0.684. The van der Waals surface area contributed by atoms with Gasteiger partial charge in [0.2, 0.25) is 10.0 Å². The molecule has 1 aromatic carbocycles. The molecule has 0 radical (unpaired) electrons. The number of hydrogen-bond donors (Lipinski definition) is 0. The highest BCUT2D eigenvalue weighted by Gasteiger charge is 2.36. The minimum atomic E-state index is -3.08. The molecule has 0 unspecified atom stereocenters. The second-order valence-electron chi connectivity index (χ2n) is 7.19. The van der Waals surface area contributed by atoms with Crippen molar-refractivity contribution in [2.75, 3.05) is 27.3 Å². The summed E-state index contributed by atoms with van der Waals surface area (Å²) in [6.45, 7) is 1.33. The van der Waals surface area contributed by atoms with Gasteiger partial charge in [-0.05, 0) is 55.7 Å². The Morgan fingerprint density at radius 2 is 1.64 bits per heavy atom. The first-order chi connectivity index (χ1) is 12.0. The summed E-state index contributed by atoms with van der Waals surface area (Å²) in [7, 11) is 0.203. The van der Waals surface area contributed by atoms with Gasteiger partial charge in [-0.25, -0.2) is 12.7 Å². The number of nitrogens with zero attached hydrogens (tertiary/aromatic N) is 1. The zero-order valence-corrected chi connectivity index (χ0v) is 16.1. The van der Waals surface area contributed by atoms with Crippen LogP contribution in [0.4, 0.5) is 0 Å². The molecule has 2 aliphatic rings. The minimum absolute atomic E-state index is 0.130. The number of methoxy groups -OCH3 is 2. The Labute approximate surface area is 151 Å². The number of sulfonamides is 1. The van der Waals surface area contributed by atoms with Gasteiger partial charge in [0.15, 0.2) is 11.5 Å². The molecular weight excluding hydrogens is 338 g/mol. The van der Waals surface area contributed by atoms with E-state index in [0.29, 0.717) is 19.0 Å². The lowest BCUT2D eigenvalue weighted by Crippen LogP contribution is -2.43. The van der Waals surface area contributed by atoms with Gasteiger partial charge in [0, 0.05) is 13.1 Å². The summed E-state index contributed by atoms with van der Waals surface area (Å²) in [5, 5.41) is -0.130. The van der Waals surface area contributed by atoms with Crippen LogP contribution in [0.15, 0.2) is 18.2 Å². The van der Waals surface area contributed by atoms with E-state index in [2.05, 4.69) is 6.07 Å². The summed E-state index contributed by atoms with van der Waals surface area (Å²) in [5.74, 6) is 2.01. The van der Waals surface area contributed by atoms with E-state index in [4.69, 9.17) is 9.47 Å². The van der Waals surface area contributed by atoms with E-state index >= 15 is 0 Å². The Morgan fingerprint density at radius 3 is 2.24 bits per heavy atom. The van der Waals surface area contributed by atoms with Crippen LogP contribution < -0.4 is 9.47 Å². The monoisotopic (exact) mass is 367 g/mol. The third-order valence-corrected chi connectivity index (χ3v) is 8.03. The first-order valence-electron chi connectivity index (χ1n) is 9.24. The first kappa shape index (κ1) is 18.5. The topological polar surface area (TPSA) is 55.8 Å². The largest absolute Gasteiger partial charge is 0.493 e. The van der Waals surface area contributed by atoms with Gasteiger partial charge in [-0.1, -0.05) is 18.9 Å². The van der Waals surface area contributed by atoms with Gasteiger partial charge in [0.25, 0.3) is 0 Å². The van der Waals surface area contributed by atoms with Gasteiger partial charge in [0.05, 0.1) is 19.5 Å². The lowest BCUT2D eigenvalue weighted by atomic mass is 9.91. The Balaban J connectivity index is 1.57. The second kappa shape index (κ2) is 7.96. The smallest absolute Gasteiger partial charge is 0.216 e. The molecule has 1 saturated heterocycles. The first-order valence-corrected chi connectivity index (χ1v) is 10.7. The van der Waals surface area contributed by atoms with Crippen molar-refractivity contribution in [2.24, 2.45) is 5.92 Å². The van der Waals surface area contributed by atoms with Crippen molar-refractivity contribution >= 4 is 10.0 Å². The van der Waals surface area contributed by atoms with E-state index in [0.717, 1.165) is 56.4 Å². The Morgan fingerprint density at radius 1 is 1.00 bits per heavy atom. The molecule has 5 nitrogen and oxygen atoms in total. The van der Waals surface area contributed by atoms with Crippen molar-refractivity contribution in [3.8, 4) is 11.5 Å². The molecular formula is C19H29NO4S. The van der Waals surface area contributed by atoms with Crippen LogP contribution in [0.2, 0.25) is 0 Å². The summed E-state index contributed by atoms with van der Waals surface area (Å²) in [5.41, 5.74) is 1.22. The SMILES string of the molecule is COc1ccc(CC2CCN(S(=O)(=O)C3CCCC3)CC2)cc1OC. The van der Waals surface area contributed by atoms with Crippen LogP contribution in [0.1, 0.15) is 44.1 Å². The van der Waals surface area contributed by atoms with Crippen molar-refractivity contribution in [1.29, 1.82) is 0 Å². The zero-order chi connectivity index (χ0) is 17.9. The summed E-state index contributed by atoms with van der Waals surface area (Å²) in [4.78, 5) is 0. The number of hydrogen-bond acceptors (Lipinski definition) is 4. The molecule has 1 aliphatic carbocycles. The molecule has 3 rings (SSSR count). The average Bonchev–Trinajstić information content (AvgIpc) is 3.17. The van der Waals surface area contributed by atoms with E-state index in [9.17, 15) is 8.42 Å². The van der Waals surface area contributed by atoms with Crippen LogP contribution in [0.3, 0.4) is 0 Å². The van der Waals surface area contributed by atoms with Crippen LogP contribution in [0.5, 0.6) is 11.5 Å². The molecule has 1 aromatic rings. The fourth-order valence-electron chi connectivity index (χ4n) is 4.11. The molecule has 0 N–H and O–H groups in total. The van der Waals surface area contributed by atoms with Gasteiger partial charge in [0.1, 0.15) is 0 Å². The van der Waals surface area contributed by atoms with E-state index < -0.39 is 10.0 Å². The Kier molecular flexibility index (Phi) is 5.89. The molecule has 2 fully saturated rings. The van der Waals surface area contributed by atoms with Crippen molar-refractivity contribution in [2.45, 2.75) is 50.2 Å². The Hall–Kier alpha value is -1.27. The van der Waals surface area contributed by atoms with Crippen molar-refractivity contribution in [3.63, 3.8) is 0 Å². The highest BCUT2D eigenvalue weighted by atomic mass is 32.2. The van der Waals surface area contributed by atoms with E-state index in [1.54, 1.807) is 18.5 Å². The van der Waals surface area contributed by atoms with E-state index in [1.807, 2.05) is 12.1 Å². The molecule has 1 aliphatic heterocycles. The summed E-state index contributed by atoms with van der Waals surface area (Å²) in [6, 6.07) is 6.04. The van der Waals surface area contributed by atoms with Crippen LogP contribution in [0, 0.1) is 5.92 Å². The number of ether oxygens (including phenoxy) is 2. The predicted octanol–water partition coefficient (Wildman–Crippen LogP) is 3.23. The highest BCUT2D eigenvalue weighted by Crippen LogP contribution is 2.32. The molecule has 140 valence electrons. The van der Waals surface area contributed by atoms with Crippen molar-refractivity contribution in [1.82, 2.24) is 4.31 Å². The van der Waals surface area contributed by atoms with Gasteiger partial charge < -0.3 is 9.47 Å². The highest BCUT2D eigenvalue weighted by molar-refractivity contribution is 7.89. The maximum Gasteiger partial charge on any atom is 0.216 e. The van der Waals surface area contributed by atoms with Gasteiger partial charge in [-0.3, -0.25) is 0 Å². The summed E-state index contributed by atoms with van der Waals surface area (Å²) in [6.07, 6.45) is 6.61. The molecule has 1 saturated carbocycles. The lowest BCUT2D eigenvalue weighted by Gasteiger charge is -2.33. The molecule has 1 heterocycles. The minimum Gasteiger partial charge on any atom is -0.493 e. The van der Waals surface area contributed by atoms with E-state index in [1.165, 1.54) is 5.56 Å². The van der Waals surface area contributed by atoms with E-state index in [-0.39, 0.29) is 5.25 Å². The summed E-state index contributed by atoms with van der Waals surface area (Å²) < 4.78 is 37.8. The second-order valence-corrected chi connectivity index (χ2v) is 9.40. The number of piperidine rings is 1. The van der Waals surface area contributed by atoms with Crippen LogP contribution in [0.25, 0.3) is 0 Å². The quantitative estimate of drug-likeness (QED) is 0.775. The van der Waals surface area contributed by atoms with Gasteiger partial charge in [-0.2, -0.15) is 0 Å². The molecule has 0 spiro atoms. The summed E-state index contributed by atoms with van der Waals surface area (Å²) >= 11 is 0. The van der Waals surface area contributed by atoms with Crippen molar-refractivity contribution in [3.05, 3.63) is 23.8 Å². The molecule has 0 aromatic heterocycles. The van der Waals surface area contributed by atoms with Crippen molar-refractivity contribution < 1.29 is 17.9 Å². The van der Waals surface area contributed by atoms with Gasteiger partial charge >= 0.3 is 0 Å². The Bertz CT molecular complexity index is 675. The number of benzene rings is 1. The fourth-order valence-corrected chi connectivity index (χ4v) is 6.18. The van der Waals surface area contributed by atoms with Crippen LogP contribution in [-0.4, -0.2) is 45.3 Å². The molecule has 25 heavy (non-hydrogen) atoms. The average molecular weight is 368 g/mol. The van der Waals surface area contributed by atoms with Crippen LogP contribution >= 0.6 is 0 Å². The maximum absolute atomic E-state index is 12.7. The third kappa shape index (κ3) is 4.11. The molecule has 0 atom stereocenters. The molecule has 6 heteroatoms. The predicted molar refractivity (Wildman–Crippen MR) is 98.7 cm³/mol. The lowest BCUT2D eigenvalue weighted by molar-refractivity contribution is 0.270. The maximum atomic E-state index is 12.7. The zero-order valence-electron chi connectivity index (χ0n) is 15.2. The normalized spacial score (nSPS) is 20.7. The number of rotatable bonds is 6. The standard InChI is InChI=1S/C19H29NO4S/c1-23-18-8-7-16(14-19(18)24-2)13-15-9-11-20(12-10-15)25(21,22)17-5-3-4-6-17/h7-8,14-15,17H,3-6,9-13H2,1-2H3. The molecule has 0 amide bonds. The third-order valence-electron chi connectivity index (χ3n) is 5.63.